The Labute approximate surface area is 201 Å². The Balaban J connectivity index is 1.37. The van der Waals surface area contributed by atoms with Gasteiger partial charge in [0.2, 0.25) is 0 Å². The maximum Gasteiger partial charge on any atom is 0.416 e. The minimum absolute atomic E-state index is 0.168. The summed E-state index contributed by atoms with van der Waals surface area (Å²) in [4.78, 5) is 17.1. The summed E-state index contributed by atoms with van der Waals surface area (Å²) in [5, 5.41) is 11.3. The van der Waals surface area contributed by atoms with Crippen LogP contribution < -0.4 is 5.11 Å². The van der Waals surface area contributed by atoms with Crippen molar-refractivity contribution < 1.29 is 27.8 Å². The van der Waals surface area contributed by atoms with Gasteiger partial charge in [-0.2, -0.15) is 13.2 Å². The molecule has 0 N–H and O–H groups in total. The van der Waals surface area contributed by atoms with Gasteiger partial charge in [-0.3, -0.25) is 0 Å². The summed E-state index contributed by atoms with van der Waals surface area (Å²) in [6.07, 6.45) is -2.19. The highest BCUT2D eigenvalue weighted by Gasteiger charge is 2.37. The molecule has 0 radical (unpaired) electrons. The van der Waals surface area contributed by atoms with Crippen molar-refractivity contribution in [3.05, 3.63) is 65.5 Å². The highest BCUT2D eigenvalue weighted by atomic mass is 19.4. The van der Waals surface area contributed by atoms with Gasteiger partial charge in [0, 0.05) is 25.0 Å². The summed E-state index contributed by atoms with van der Waals surface area (Å²) >= 11 is 0. The van der Waals surface area contributed by atoms with Crippen molar-refractivity contribution in [2.24, 2.45) is 5.92 Å². The second-order valence-electron chi connectivity index (χ2n) is 9.68. The SMILES string of the molecule is O=C([O-])N1CCC(COCc2nc3cc(C(F)(F)F)ccc3n2CC2CC2)(c2ccccc2)CC1. The third kappa shape index (κ3) is 5.00. The van der Waals surface area contributed by atoms with Gasteiger partial charge in [0.1, 0.15) is 18.5 Å². The number of hydrogen-bond donors (Lipinski definition) is 0. The molecular weight excluding hydrogens is 459 g/mol. The molecule has 6 nitrogen and oxygen atoms in total. The number of aromatic nitrogens is 2. The number of nitrogens with zero attached hydrogens (tertiary/aromatic N) is 3. The quantitative estimate of drug-likeness (QED) is 0.498. The van der Waals surface area contributed by atoms with Crippen LogP contribution in [0.25, 0.3) is 11.0 Å². The smallest absolute Gasteiger partial charge is 0.416 e. The number of halogens is 3. The summed E-state index contributed by atoms with van der Waals surface area (Å²) < 4.78 is 47.9. The molecule has 186 valence electrons. The first-order chi connectivity index (χ1) is 16.7. The van der Waals surface area contributed by atoms with Gasteiger partial charge in [0.25, 0.3) is 0 Å². The molecule has 2 fully saturated rings. The number of benzene rings is 2. The third-order valence-corrected chi connectivity index (χ3v) is 7.27. The summed E-state index contributed by atoms with van der Waals surface area (Å²) in [6.45, 7) is 1.97. The van der Waals surface area contributed by atoms with Crippen LogP contribution >= 0.6 is 0 Å². The average Bonchev–Trinajstić information content (AvgIpc) is 3.60. The van der Waals surface area contributed by atoms with Crippen molar-refractivity contribution in [1.29, 1.82) is 0 Å². The van der Waals surface area contributed by atoms with Crippen LogP contribution in [0.3, 0.4) is 0 Å². The van der Waals surface area contributed by atoms with Crippen molar-refractivity contribution >= 4 is 17.1 Å². The van der Waals surface area contributed by atoms with Crippen molar-refractivity contribution in [2.75, 3.05) is 19.7 Å². The molecule has 1 saturated carbocycles. The van der Waals surface area contributed by atoms with Crippen LogP contribution in [0, 0.1) is 5.92 Å². The van der Waals surface area contributed by atoms with E-state index in [4.69, 9.17) is 4.74 Å². The molecule has 2 aromatic carbocycles. The maximum atomic E-state index is 13.2. The van der Waals surface area contributed by atoms with Crippen LogP contribution in [0.1, 0.15) is 42.6 Å². The number of carbonyl (C=O) groups excluding carboxylic acids is 1. The number of ether oxygens (including phenoxy) is 1. The largest absolute Gasteiger partial charge is 0.530 e. The fourth-order valence-electron chi connectivity index (χ4n) is 4.99. The molecule has 5 rings (SSSR count). The van der Waals surface area contributed by atoms with Gasteiger partial charge in [-0.05, 0) is 55.4 Å². The summed E-state index contributed by atoms with van der Waals surface area (Å²) in [7, 11) is 0. The fourth-order valence-corrected chi connectivity index (χ4v) is 4.99. The van der Waals surface area contributed by atoms with Crippen LogP contribution in [0.2, 0.25) is 0 Å². The fraction of sp³-hybridized carbons (Fsp3) is 0.462. The van der Waals surface area contributed by atoms with E-state index >= 15 is 0 Å². The molecule has 0 spiro atoms. The van der Waals surface area contributed by atoms with Crippen LogP contribution in [-0.4, -0.2) is 40.2 Å². The van der Waals surface area contributed by atoms with E-state index in [0.29, 0.717) is 61.9 Å². The number of alkyl halides is 3. The molecule has 9 heteroatoms. The van der Waals surface area contributed by atoms with Crippen molar-refractivity contribution in [1.82, 2.24) is 14.5 Å². The zero-order valence-corrected chi connectivity index (χ0v) is 19.3. The van der Waals surface area contributed by atoms with E-state index in [-0.39, 0.29) is 12.0 Å². The zero-order chi connectivity index (χ0) is 24.6. The molecule has 1 aliphatic carbocycles. The molecule has 2 heterocycles. The number of piperidine rings is 1. The van der Waals surface area contributed by atoms with E-state index in [1.165, 1.54) is 11.0 Å². The van der Waals surface area contributed by atoms with E-state index < -0.39 is 17.8 Å². The molecule has 1 amide bonds. The summed E-state index contributed by atoms with van der Waals surface area (Å²) in [5.74, 6) is 1.12. The lowest BCUT2D eigenvalue weighted by molar-refractivity contribution is -0.267. The third-order valence-electron chi connectivity index (χ3n) is 7.27. The van der Waals surface area contributed by atoms with Crippen LogP contribution in [0.4, 0.5) is 18.0 Å². The standard InChI is InChI=1S/C26H28F3N3O3/c27-26(28,29)20-8-9-22-21(14-20)30-23(32(22)15-18-6-7-18)16-35-17-25(19-4-2-1-3-5-19)10-12-31(13-11-25)24(33)34/h1-5,8-9,14,18H,6-7,10-13,15-17H2,(H,33,34)/p-1. The lowest BCUT2D eigenvalue weighted by Crippen LogP contribution is -2.51. The Morgan fingerprint density at radius 3 is 2.46 bits per heavy atom. The second-order valence-corrected chi connectivity index (χ2v) is 9.68. The lowest BCUT2D eigenvalue weighted by atomic mass is 9.73. The first-order valence-electron chi connectivity index (χ1n) is 11.9. The van der Waals surface area contributed by atoms with Gasteiger partial charge >= 0.3 is 6.18 Å². The summed E-state index contributed by atoms with van der Waals surface area (Å²) in [5.41, 5.74) is 1.02. The predicted octanol–water partition coefficient (Wildman–Crippen LogP) is 4.36. The van der Waals surface area contributed by atoms with E-state index in [0.717, 1.165) is 30.5 Å². The summed E-state index contributed by atoms with van der Waals surface area (Å²) in [6, 6.07) is 13.6. The zero-order valence-electron chi connectivity index (χ0n) is 19.3. The number of carboxylic acid groups (broad SMARTS) is 1. The molecule has 2 aliphatic rings. The van der Waals surface area contributed by atoms with Gasteiger partial charge in [-0.1, -0.05) is 30.3 Å². The molecule has 0 atom stereocenters. The van der Waals surface area contributed by atoms with E-state index in [9.17, 15) is 23.1 Å². The van der Waals surface area contributed by atoms with E-state index in [1.54, 1.807) is 0 Å². The van der Waals surface area contributed by atoms with Gasteiger partial charge in [-0.25, -0.2) is 4.98 Å². The predicted molar refractivity (Wildman–Crippen MR) is 121 cm³/mol. The molecule has 3 aromatic rings. The highest BCUT2D eigenvalue weighted by molar-refractivity contribution is 5.77. The molecule has 0 bridgehead atoms. The Morgan fingerprint density at radius 1 is 1.11 bits per heavy atom. The lowest BCUT2D eigenvalue weighted by Gasteiger charge is -2.43. The van der Waals surface area contributed by atoms with Gasteiger partial charge in [0.05, 0.1) is 23.2 Å². The minimum atomic E-state index is -4.42. The maximum absolute atomic E-state index is 13.2. The number of amides is 1. The molecule has 35 heavy (non-hydrogen) atoms. The molecular formula is C26H27F3N3O3-. The topological polar surface area (TPSA) is 70.4 Å². The van der Waals surface area contributed by atoms with E-state index in [2.05, 4.69) is 4.98 Å². The Morgan fingerprint density at radius 2 is 1.83 bits per heavy atom. The Kier molecular flexibility index (Phi) is 6.21. The first kappa shape index (κ1) is 23.7. The Hall–Kier alpha value is -3.07. The van der Waals surface area contributed by atoms with Gasteiger partial charge in [0.15, 0.2) is 0 Å². The second kappa shape index (κ2) is 9.18. The number of fused-ring (bicyclic) bond motifs is 1. The van der Waals surface area contributed by atoms with E-state index in [1.807, 2.05) is 34.9 Å². The molecule has 1 aliphatic heterocycles. The number of carbonyl (C=O) groups is 1. The highest BCUT2D eigenvalue weighted by Crippen LogP contribution is 2.37. The van der Waals surface area contributed by atoms with Crippen LogP contribution in [0.15, 0.2) is 48.5 Å². The van der Waals surface area contributed by atoms with Crippen LogP contribution in [0.5, 0.6) is 0 Å². The van der Waals surface area contributed by atoms with Gasteiger partial charge in [-0.15, -0.1) is 0 Å². The number of rotatable bonds is 7. The molecule has 0 unspecified atom stereocenters. The number of hydrogen-bond acceptors (Lipinski definition) is 4. The van der Waals surface area contributed by atoms with Crippen LogP contribution in [-0.2, 0) is 29.5 Å². The first-order valence-corrected chi connectivity index (χ1v) is 11.9. The molecule has 1 aromatic heterocycles. The normalized spacial score (nSPS) is 18.2. The minimum Gasteiger partial charge on any atom is -0.530 e. The monoisotopic (exact) mass is 486 g/mol. The van der Waals surface area contributed by atoms with Crippen molar-refractivity contribution in [2.45, 2.75) is 50.4 Å². The van der Waals surface area contributed by atoms with Crippen molar-refractivity contribution in [3.8, 4) is 0 Å². The Bertz CT molecular complexity index is 1200. The van der Waals surface area contributed by atoms with Crippen molar-refractivity contribution in [3.63, 3.8) is 0 Å². The number of imidazole rings is 1. The average molecular weight is 487 g/mol. The number of likely N-dealkylation sites (tertiary alicyclic amines) is 1. The molecule has 1 saturated heterocycles. The van der Waals surface area contributed by atoms with Gasteiger partial charge < -0.3 is 24.1 Å².